The molecule has 0 spiro atoms. The third-order valence-electron chi connectivity index (χ3n) is 6.98. The van der Waals surface area contributed by atoms with E-state index in [4.69, 9.17) is 25.8 Å². The minimum Gasteiger partial charge on any atom is -0.485 e. The molecule has 1 saturated carbocycles. The van der Waals surface area contributed by atoms with Gasteiger partial charge in [-0.25, -0.2) is 0 Å². The van der Waals surface area contributed by atoms with E-state index in [9.17, 15) is 0 Å². The average Bonchev–Trinajstić information content (AvgIpc) is 2.82. The predicted octanol–water partition coefficient (Wildman–Crippen LogP) is 7.72. The normalized spacial score (nSPS) is 22.0. The first-order chi connectivity index (χ1) is 16.5. The van der Waals surface area contributed by atoms with E-state index >= 15 is 0 Å². The van der Waals surface area contributed by atoms with Crippen molar-refractivity contribution in [3.63, 3.8) is 0 Å². The molecule has 0 radical (unpaired) electrons. The second-order valence-electron chi connectivity index (χ2n) is 10.1. The van der Waals surface area contributed by atoms with Crippen LogP contribution in [0.1, 0.15) is 69.6 Å². The highest BCUT2D eigenvalue weighted by Gasteiger charge is 2.45. The zero-order valence-corrected chi connectivity index (χ0v) is 21.3. The van der Waals surface area contributed by atoms with Crippen molar-refractivity contribution in [2.45, 2.75) is 76.7 Å². The van der Waals surface area contributed by atoms with Gasteiger partial charge in [-0.05, 0) is 62.1 Å². The molecule has 184 valence electrons. The van der Waals surface area contributed by atoms with E-state index in [0.717, 1.165) is 46.5 Å². The van der Waals surface area contributed by atoms with Gasteiger partial charge in [-0.3, -0.25) is 0 Å². The lowest BCUT2D eigenvalue weighted by atomic mass is 9.86. The highest BCUT2D eigenvalue weighted by atomic mass is 35.5. The summed E-state index contributed by atoms with van der Waals surface area (Å²) >= 11 is 6.15. The summed E-state index contributed by atoms with van der Waals surface area (Å²) in [5.74, 6) is 1.64. The van der Waals surface area contributed by atoms with Crippen LogP contribution in [0.3, 0.4) is 0 Å². The van der Waals surface area contributed by atoms with Crippen molar-refractivity contribution in [1.82, 2.24) is 0 Å². The molecular formula is C29H38ClNO3. The molecule has 2 aromatic rings. The Balaban J connectivity index is 1.52. The number of benzene rings is 2. The van der Waals surface area contributed by atoms with Crippen molar-refractivity contribution < 1.29 is 14.2 Å². The summed E-state index contributed by atoms with van der Waals surface area (Å²) in [7, 11) is 0. The summed E-state index contributed by atoms with van der Waals surface area (Å²) in [4.78, 5) is 0. The third-order valence-corrected chi connectivity index (χ3v) is 7.21. The number of halogens is 1. The SMILES string of the molecule is C=CCOC1C(OCCC2CCCCC2)c2cc(NCc3cccc(Cl)c3)ccc2OC1(C)C. The van der Waals surface area contributed by atoms with Crippen molar-refractivity contribution in [1.29, 1.82) is 0 Å². The summed E-state index contributed by atoms with van der Waals surface area (Å²) in [6.07, 6.45) is 9.20. The molecule has 1 aliphatic heterocycles. The Morgan fingerprint density at radius 1 is 1.12 bits per heavy atom. The van der Waals surface area contributed by atoms with E-state index in [1.807, 2.05) is 24.3 Å². The molecule has 1 aliphatic carbocycles. The lowest BCUT2D eigenvalue weighted by Gasteiger charge is -2.44. The monoisotopic (exact) mass is 483 g/mol. The van der Waals surface area contributed by atoms with Gasteiger partial charge in [0.1, 0.15) is 23.6 Å². The second-order valence-corrected chi connectivity index (χ2v) is 10.5. The van der Waals surface area contributed by atoms with Crippen molar-refractivity contribution in [2.24, 2.45) is 5.92 Å². The Morgan fingerprint density at radius 2 is 1.94 bits per heavy atom. The molecule has 1 heterocycles. The second kappa shape index (κ2) is 11.6. The highest BCUT2D eigenvalue weighted by Crippen LogP contribution is 2.44. The van der Waals surface area contributed by atoms with Crippen LogP contribution in [0.4, 0.5) is 5.69 Å². The van der Waals surface area contributed by atoms with E-state index < -0.39 is 5.60 Å². The van der Waals surface area contributed by atoms with Gasteiger partial charge in [-0.2, -0.15) is 0 Å². The summed E-state index contributed by atoms with van der Waals surface area (Å²) in [5.41, 5.74) is 2.68. The van der Waals surface area contributed by atoms with E-state index in [1.54, 1.807) is 6.08 Å². The molecule has 2 aromatic carbocycles. The first-order valence-electron chi connectivity index (χ1n) is 12.6. The Bertz CT molecular complexity index is 954. The molecule has 5 heteroatoms. The maximum absolute atomic E-state index is 6.61. The van der Waals surface area contributed by atoms with Crippen LogP contribution < -0.4 is 10.1 Å². The van der Waals surface area contributed by atoms with E-state index in [-0.39, 0.29) is 12.2 Å². The van der Waals surface area contributed by atoms with E-state index in [2.05, 4.69) is 43.9 Å². The van der Waals surface area contributed by atoms with Crippen molar-refractivity contribution in [2.75, 3.05) is 18.5 Å². The molecule has 0 aromatic heterocycles. The number of nitrogens with one attached hydrogen (secondary N) is 1. The van der Waals surface area contributed by atoms with Gasteiger partial charge in [-0.15, -0.1) is 6.58 Å². The van der Waals surface area contributed by atoms with Crippen LogP contribution in [-0.2, 0) is 16.0 Å². The summed E-state index contributed by atoms with van der Waals surface area (Å²) in [5, 5.41) is 4.26. The van der Waals surface area contributed by atoms with Gasteiger partial charge >= 0.3 is 0 Å². The first-order valence-corrected chi connectivity index (χ1v) is 13.0. The number of rotatable bonds is 10. The summed E-state index contributed by atoms with van der Waals surface area (Å²) < 4.78 is 19.2. The highest BCUT2D eigenvalue weighted by molar-refractivity contribution is 6.30. The average molecular weight is 484 g/mol. The fourth-order valence-corrected chi connectivity index (χ4v) is 5.38. The summed E-state index contributed by atoms with van der Waals surface area (Å²) in [6.45, 7) is 9.87. The van der Waals surface area contributed by atoms with Gasteiger partial charge in [0.05, 0.1) is 6.61 Å². The number of fused-ring (bicyclic) bond motifs is 1. The minimum absolute atomic E-state index is 0.199. The molecule has 2 aliphatic rings. The van der Waals surface area contributed by atoms with Crippen molar-refractivity contribution in [3.8, 4) is 5.75 Å². The zero-order chi connectivity index (χ0) is 24.0. The molecule has 34 heavy (non-hydrogen) atoms. The summed E-state index contributed by atoms with van der Waals surface area (Å²) in [6, 6.07) is 14.2. The topological polar surface area (TPSA) is 39.7 Å². The van der Waals surface area contributed by atoms with E-state index in [1.165, 1.54) is 32.1 Å². The van der Waals surface area contributed by atoms with Crippen molar-refractivity contribution >= 4 is 17.3 Å². The van der Waals surface area contributed by atoms with Gasteiger partial charge in [0.25, 0.3) is 0 Å². The maximum atomic E-state index is 6.61. The Hall–Kier alpha value is -2.01. The molecule has 0 saturated heterocycles. The largest absolute Gasteiger partial charge is 0.485 e. The van der Waals surface area contributed by atoms with Gasteiger partial charge in [0.2, 0.25) is 0 Å². The molecule has 2 unspecified atom stereocenters. The van der Waals surface area contributed by atoms with Crippen LogP contribution in [0.25, 0.3) is 0 Å². The van der Waals surface area contributed by atoms with Crippen LogP contribution in [0.2, 0.25) is 5.02 Å². The lowest BCUT2D eigenvalue weighted by Crippen LogP contribution is -2.51. The fraction of sp³-hybridized carbons (Fsp3) is 0.517. The number of hydrogen-bond acceptors (Lipinski definition) is 4. The van der Waals surface area contributed by atoms with Crippen LogP contribution in [0.5, 0.6) is 5.75 Å². The van der Waals surface area contributed by atoms with Crippen molar-refractivity contribution in [3.05, 3.63) is 71.3 Å². The molecule has 1 N–H and O–H groups in total. The van der Waals surface area contributed by atoms with Crippen LogP contribution >= 0.6 is 11.6 Å². The third kappa shape index (κ3) is 6.35. The zero-order valence-electron chi connectivity index (χ0n) is 20.5. The number of ether oxygens (including phenoxy) is 3. The fourth-order valence-electron chi connectivity index (χ4n) is 5.17. The van der Waals surface area contributed by atoms with E-state index in [0.29, 0.717) is 13.2 Å². The molecular weight excluding hydrogens is 446 g/mol. The maximum Gasteiger partial charge on any atom is 0.132 e. The van der Waals surface area contributed by atoms with Crippen LogP contribution in [0.15, 0.2) is 55.1 Å². The van der Waals surface area contributed by atoms with Gasteiger partial charge in [-0.1, -0.05) is 61.9 Å². The van der Waals surface area contributed by atoms with Gasteiger partial charge in [0.15, 0.2) is 0 Å². The Morgan fingerprint density at radius 3 is 2.71 bits per heavy atom. The van der Waals surface area contributed by atoms with Crippen LogP contribution in [-0.4, -0.2) is 24.9 Å². The minimum atomic E-state index is -0.513. The number of anilines is 1. The standard InChI is InChI=1S/C29H38ClNO3/c1-4-16-33-28-27(32-17-15-21-9-6-5-7-10-21)25-19-24(13-14-26(25)34-29(28,2)3)31-20-22-11-8-12-23(30)18-22/h4,8,11-14,18-19,21,27-28,31H,1,5-7,9-10,15-17,20H2,2-3H3. The smallest absolute Gasteiger partial charge is 0.132 e. The molecule has 4 nitrogen and oxygen atoms in total. The Labute approximate surface area is 209 Å². The first kappa shape index (κ1) is 25.1. The molecule has 2 atom stereocenters. The molecule has 4 rings (SSSR count). The lowest BCUT2D eigenvalue weighted by molar-refractivity contribution is -0.158. The van der Waals surface area contributed by atoms with Crippen LogP contribution in [0, 0.1) is 5.92 Å². The van der Waals surface area contributed by atoms with Gasteiger partial charge < -0.3 is 19.5 Å². The predicted molar refractivity (Wildman–Crippen MR) is 140 cm³/mol. The quantitative estimate of drug-likeness (QED) is 0.351. The molecule has 0 bridgehead atoms. The molecule has 0 amide bonds. The Kier molecular flexibility index (Phi) is 8.57. The van der Waals surface area contributed by atoms with Gasteiger partial charge in [0, 0.05) is 29.4 Å². The number of hydrogen-bond donors (Lipinski definition) is 1. The molecule has 1 fully saturated rings.